The van der Waals surface area contributed by atoms with Crippen LogP contribution in [-0.4, -0.2) is 23.6 Å². The van der Waals surface area contributed by atoms with E-state index >= 15 is 0 Å². The third-order valence-corrected chi connectivity index (χ3v) is 3.72. The van der Waals surface area contributed by atoms with Gasteiger partial charge in [0.25, 0.3) is 0 Å². The molecule has 0 spiro atoms. The first-order valence-electron chi connectivity index (χ1n) is 7.81. The summed E-state index contributed by atoms with van der Waals surface area (Å²) >= 11 is 0. The summed E-state index contributed by atoms with van der Waals surface area (Å²) in [5.41, 5.74) is -0.227. The third kappa shape index (κ3) is 5.45. The van der Waals surface area contributed by atoms with Crippen LogP contribution in [0.1, 0.15) is 24.2 Å². The van der Waals surface area contributed by atoms with Gasteiger partial charge in [-0.15, -0.1) is 0 Å². The number of anilines is 1. The van der Waals surface area contributed by atoms with Gasteiger partial charge in [0.2, 0.25) is 5.91 Å². The molecule has 0 bridgehead atoms. The quantitative estimate of drug-likeness (QED) is 0.682. The van der Waals surface area contributed by atoms with E-state index in [2.05, 4.69) is 10.6 Å². The fraction of sp³-hybridized carbons (Fsp3) is 0.278. The van der Waals surface area contributed by atoms with Crippen LogP contribution in [0, 0.1) is 5.82 Å². The minimum atomic E-state index is -4.46. The zero-order valence-corrected chi connectivity index (χ0v) is 13.8. The van der Waals surface area contributed by atoms with Crippen LogP contribution in [0.3, 0.4) is 0 Å². The van der Waals surface area contributed by atoms with Crippen molar-refractivity contribution in [3.8, 4) is 0 Å². The molecule has 0 aromatic heterocycles. The van der Waals surface area contributed by atoms with Crippen molar-refractivity contribution in [3.05, 3.63) is 65.5 Å². The van der Waals surface area contributed by atoms with Gasteiger partial charge in [0.05, 0.1) is 24.3 Å². The lowest BCUT2D eigenvalue weighted by atomic mass is 10.0. The van der Waals surface area contributed by atoms with Gasteiger partial charge in [-0.05, 0) is 42.8 Å². The van der Waals surface area contributed by atoms with Gasteiger partial charge in [-0.1, -0.05) is 18.2 Å². The van der Waals surface area contributed by atoms with Gasteiger partial charge >= 0.3 is 6.18 Å². The number of hydrogen-bond acceptors (Lipinski definition) is 3. The van der Waals surface area contributed by atoms with E-state index in [1.807, 2.05) is 0 Å². The molecule has 0 aliphatic heterocycles. The predicted octanol–water partition coefficient (Wildman–Crippen LogP) is 3.49. The number of aliphatic hydroxyl groups excluding tert-OH is 1. The normalized spacial score (nSPS) is 13.8. The SMILES string of the molecule is CC(NC(=O)CNc1cccc(C(F)(F)F)c1)C(O)c1ccc(F)cc1. The van der Waals surface area contributed by atoms with E-state index in [-0.39, 0.29) is 12.2 Å². The molecular weight excluding hydrogens is 352 g/mol. The Hall–Kier alpha value is -2.61. The maximum absolute atomic E-state index is 12.9. The van der Waals surface area contributed by atoms with E-state index in [9.17, 15) is 27.5 Å². The van der Waals surface area contributed by atoms with Gasteiger partial charge in [0, 0.05) is 5.69 Å². The fourth-order valence-electron chi connectivity index (χ4n) is 2.32. The van der Waals surface area contributed by atoms with Gasteiger partial charge in [0.1, 0.15) is 5.82 Å². The lowest BCUT2D eigenvalue weighted by Gasteiger charge is -2.21. The molecule has 8 heteroatoms. The molecule has 2 unspecified atom stereocenters. The summed E-state index contributed by atoms with van der Waals surface area (Å²) in [7, 11) is 0. The van der Waals surface area contributed by atoms with Gasteiger partial charge in [-0.3, -0.25) is 4.79 Å². The van der Waals surface area contributed by atoms with Gasteiger partial charge in [0.15, 0.2) is 0 Å². The number of aliphatic hydroxyl groups is 1. The van der Waals surface area contributed by atoms with Crippen molar-refractivity contribution in [2.45, 2.75) is 25.2 Å². The van der Waals surface area contributed by atoms with Crippen molar-refractivity contribution in [2.75, 3.05) is 11.9 Å². The first kappa shape index (κ1) is 19.7. The Kier molecular flexibility index (Phi) is 6.20. The van der Waals surface area contributed by atoms with Crippen LogP contribution in [-0.2, 0) is 11.0 Å². The molecule has 0 saturated carbocycles. The molecule has 0 heterocycles. The monoisotopic (exact) mass is 370 g/mol. The lowest BCUT2D eigenvalue weighted by Crippen LogP contribution is -2.40. The molecule has 0 aliphatic rings. The molecule has 0 aliphatic carbocycles. The van der Waals surface area contributed by atoms with Crippen molar-refractivity contribution in [1.82, 2.24) is 5.32 Å². The largest absolute Gasteiger partial charge is 0.416 e. The number of hydrogen-bond donors (Lipinski definition) is 3. The number of carbonyl (C=O) groups is 1. The van der Waals surface area contributed by atoms with Gasteiger partial charge in [-0.2, -0.15) is 13.2 Å². The highest BCUT2D eigenvalue weighted by Crippen LogP contribution is 2.30. The maximum Gasteiger partial charge on any atom is 0.416 e. The van der Waals surface area contributed by atoms with E-state index in [0.29, 0.717) is 5.56 Å². The molecule has 0 radical (unpaired) electrons. The van der Waals surface area contributed by atoms with Crippen LogP contribution in [0.25, 0.3) is 0 Å². The Labute approximate surface area is 147 Å². The summed E-state index contributed by atoms with van der Waals surface area (Å²) in [5.74, 6) is -0.945. The molecule has 26 heavy (non-hydrogen) atoms. The lowest BCUT2D eigenvalue weighted by molar-refractivity contribution is -0.137. The third-order valence-electron chi connectivity index (χ3n) is 3.72. The molecule has 4 nitrogen and oxygen atoms in total. The van der Waals surface area contributed by atoms with Crippen LogP contribution < -0.4 is 10.6 Å². The molecule has 2 aromatic rings. The minimum absolute atomic E-state index is 0.154. The van der Waals surface area contributed by atoms with Crippen LogP contribution in [0.15, 0.2) is 48.5 Å². The first-order valence-corrected chi connectivity index (χ1v) is 7.81. The standard InChI is InChI=1S/C18H18F4N2O2/c1-11(17(26)12-5-7-14(19)8-6-12)24-16(25)10-23-15-4-2-3-13(9-15)18(20,21)22/h2-9,11,17,23,26H,10H2,1H3,(H,24,25). The number of halogens is 4. The van der Waals surface area contributed by atoms with Crippen LogP contribution in [0.2, 0.25) is 0 Å². The fourth-order valence-corrected chi connectivity index (χ4v) is 2.32. The van der Waals surface area contributed by atoms with Crippen molar-refractivity contribution >= 4 is 11.6 Å². The second kappa shape index (κ2) is 8.18. The average Bonchev–Trinajstić information content (AvgIpc) is 2.59. The first-order chi connectivity index (χ1) is 12.2. The highest BCUT2D eigenvalue weighted by atomic mass is 19.4. The maximum atomic E-state index is 12.9. The van der Waals surface area contributed by atoms with Crippen LogP contribution in [0.5, 0.6) is 0 Å². The molecule has 0 saturated heterocycles. The molecule has 0 fully saturated rings. The molecule has 3 N–H and O–H groups in total. The van der Waals surface area contributed by atoms with Crippen LogP contribution in [0.4, 0.5) is 23.2 Å². The summed E-state index contributed by atoms with van der Waals surface area (Å²) in [5, 5.41) is 15.3. The van der Waals surface area contributed by atoms with Crippen molar-refractivity contribution in [1.29, 1.82) is 0 Å². The number of amides is 1. The second-order valence-electron chi connectivity index (χ2n) is 5.78. The predicted molar refractivity (Wildman–Crippen MR) is 88.9 cm³/mol. The Morgan fingerprint density at radius 2 is 1.81 bits per heavy atom. The van der Waals surface area contributed by atoms with Gasteiger partial charge < -0.3 is 15.7 Å². The number of alkyl halides is 3. The molecule has 2 atom stereocenters. The number of rotatable bonds is 6. The molecule has 2 rings (SSSR count). The van der Waals surface area contributed by atoms with E-state index in [4.69, 9.17) is 0 Å². The summed E-state index contributed by atoms with van der Waals surface area (Å²) in [6, 6.07) is 9.04. The number of nitrogens with one attached hydrogen (secondary N) is 2. The van der Waals surface area contributed by atoms with Crippen LogP contribution >= 0.6 is 0 Å². The van der Waals surface area contributed by atoms with E-state index in [1.165, 1.54) is 36.4 Å². The van der Waals surface area contributed by atoms with Crippen molar-refractivity contribution in [3.63, 3.8) is 0 Å². The summed E-state index contributed by atoms with van der Waals surface area (Å²) in [4.78, 5) is 11.9. The highest BCUT2D eigenvalue weighted by Gasteiger charge is 2.30. The summed E-state index contributed by atoms with van der Waals surface area (Å²) in [6.45, 7) is 1.30. The zero-order chi connectivity index (χ0) is 19.3. The Balaban J connectivity index is 1.89. The Morgan fingerprint density at radius 1 is 1.15 bits per heavy atom. The highest BCUT2D eigenvalue weighted by molar-refractivity contribution is 5.81. The van der Waals surface area contributed by atoms with E-state index in [1.54, 1.807) is 6.92 Å². The molecule has 2 aromatic carbocycles. The second-order valence-corrected chi connectivity index (χ2v) is 5.78. The Morgan fingerprint density at radius 3 is 2.42 bits per heavy atom. The zero-order valence-electron chi connectivity index (χ0n) is 13.8. The Bertz CT molecular complexity index is 748. The number of benzene rings is 2. The summed E-state index contributed by atoms with van der Waals surface area (Å²) < 4.78 is 50.9. The van der Waals surface area contributed by atoms with Gasteiger partial charge in [-0.25, -0.2) is 4.39 Å². The van der Waals surface area contributed by atoms with Crippen molar-refractivity contribution < 1.29 is 27.5 Å². The van der Waals surface area contributed by atoms with E-state index in [0.717, 1.165) is 12.1 Å². The molecule has 140 valence electrons. The average molecular weight is 370 g/mol. The van der Waals surface area contributed by atoms with Crippen molar-refractivity contribution in [2.24, 2.45) is 0 Å². The minimum Gasteiger partial charge on any atom is -0.386 e. The van der Waals surface area contributed by atoms with E-state index < -0.39 is 35.6 Å². The summed E-state index contributed by atoms with van der Waals surface area (Å²) in [6.07, 6.45) is -5.51. The molecule has 1 amide bonds. The topological polar surface area (TPSA) is 61.4 Å². The molecular formula is C18H18F4N2O2. The smallest absolute Gasteiger partial charge is 0.386 e. The number of carbonyl (C=O) groups excluding carboxylic acids is 1.